The highest BCUT2D eigenvalue weighted by atomic mass is 32.2. The molecule has 3 aromatic rings. The monoisotopic (exact) mass is 446 g/mol. The van der Waals surface area contributed by atoms with E-state index in [1.807, 2.05) is 0 Å². The van der Waals surface area contributed by atoms with E-state index in [1.165, 1.54) is 41.6 Å². The third-order valence-corrected chi connectivity index (χ3v) is 7.27. The normalized spacial score (nSPS) is 17.5. The Morgan fingerprint density at radius 3 is 2.77 bits per heavy atom. The summed E-state index contributed by atoms with van der Waals surface area (Å²) in [5.41, 5.74) is 0.614. The summed E-state index contributed by atoms with van der Waals surface area (Å²) in [6.07, 6.45) is 1.25. The maximum atomic E-state index is 13.5. The molecule has 1 aromatic heterocycles. The van der Waals surface area contributed by atoms with Crippen LogP contribution in [0.15, 0.2) is 51.9 Å². The van der Waals surface area contributed by atoms with E-state index in [4.69, 9.17) is 4.52 Å². The number of hydrogen-bond donors (Lipinski definition) is 0. The summed E-state index contributed by atoms with van der Waals surface area (Å²) >= 11 is 0. The summed E-state index contributed by atoms with van der Waals surface area (Å²) in [7, 11) is -3.86. The van der Waals surface area contributed by atoms with Gasteiger partial charge < -0.3 is 4.52 Å². The van der Waals surface area contributed by atoms with Crippen LogP contribution in [0.1, 0.15) is 30.2 Å². The number of aryl methyl sites for hydroxylation is 1. The van der Waals surface area contributed by atoms with Crippen LogP contribution in [0.4, 0.5) is 10.1 Å². The molecule has 0 aliphatic carbocycles. The SMILES string of the molecule is Cc1cc([N+](=O)[O-])ccc1S(=O)(=O)N1CCCC(c2nc(-c3cccc(F)c3)no2)C1. The summed E-state index contributed by atoms with van der Waals surface area (Å²) < 4.78 is 46.5. The lowest BCUT2D eigenvalue weighted by Gasteiger charge is -2.30. The second-order valence-electron chi connectivity index (χ2n) is 7.38. The molecular weight excluding hydrogens is 427 g/mol. The Labute approximate surface area is 177 Å². The molecule has 0 saturated carbocycles. The molecule has 0 radical (unpaired) electrons. The van der Waals surface area contributed by atoms with Gasteiger partial charge in [-0.1, -0.05) is 17.3 Å². The molecule has 11 heteroatoms. The van der Waals surface area contributed by atoms with Crippen molar-refractivity contribution in [3.05, 3.63) is 69.9 Å². The average molecular weight is 446 g/mol. The maximum absolute atomic E-state index is 13.5. The predicted octanol–water partition coefficient (Wildman–Crippen LogP) is 3.66. The van der Waals surface area contributed by atoms with E-state index in [2.05, 4.69) is 10.1 Å². The number of nitrogens with zero attached hydrogens (tertiary/aromatic N) is 4. The number of nitro groups is 1. The molecule has 9 nitrogen and oxygen atoms in total. The molecule has 2 aromatic carbocycles. The number of hydrogen-bond acceptors (Lipinski definition) is 7. The summed E-state index contributed by atoms with van der Waals surface area (Å²) in [4.78, 5) is 14.8. The van der Waals surface area contributed by atoms with Gasteiger partial charge in [-0.25, -0.2) is 12.8 Å². The van der Waals surface area contributed by atoms with E-state index in [0.29, 0.717) is 36.4 Å². The number of non-ortho nitro benzene ring substituents is 1. The van der Waals surface area contributed by atoms with E-state index >= 15 is 0 Å². The fourth-order valence-electron chi connectivity index (χ4n) is 3.68. The van der Waals surface area contributed by atoms with E-state index in [1.54, 1.807) is 12.1 Å². The van der Waals surface area contributed by atoms with Crippen molar-refractivity contribution in [3.63, 3.8) is 0 Å². The number of halogens is 1. The number of nitro benzene ring substituents is 1. The van der Waals surface area contributed by atoms with Gasteiger partial charge in [-0.05, 0) is 43.5 Å². The first-order chi connectivity index (χ1) is 14.8. The predicted molar refractivity (Wildman–Crippen MR) is 108 cm³/mol. The summed E-state index contributed by atoms with van der Waals surface area (Å²) in [5, 5.41) is 14.8. The van der Waals surface area contributed by atoms with Crippen molar-refractivity contribution in [2.24, 2.45) is 0 Å². The zero-order valence-corrected chi connectivity index (χ0v) is 17.4. The Kier molecular flexibility index (Phi) is 5.54. The molecular formula is C20H19FN4O5S. The smallest absolute Gasteiger partial charge is 0.269 e. The Balaban J connectivity index is 1.57. The first-order valence-electron chi connectivity index (χ1n) is 9.60. The lowest BCUT2D eigenvalue weighted by Crippen LogP contribution is -2.39. The van der Waals surface area contributed by atoms with Gasteiger partial charge in [-0.3, -0.25) is 10.1 Å². The minimum absolute atomic E-state index is 0.0322. The Hall–Kier alpha value is -3.18. The van der Waals surface area contributed by atoms with Gasteiger partial charge in [0, 0.05) is 30.8 Å². The van der Waals surface area contributed by atoms with Gasteiger partial charge in [0.15, 0.2) is 0 Å². The molecule has 1 unspecified atom stereocenters. The van der Waals surface area contributed by atoms with Crippen molar-refractivity contribution >= 4 is 15.7 Å². The number of sulfonamides is 1. The summed E-state index contributed by atoms with van der Waals surface area (Å²) in [6.45, 7) is 1.99. The van der Waals surface area contributed by atoms with Crippen LogP contribution < -0.4 is 0 Å². The van der Waals surface area contributed by atoms with Gasteiger partial charge >= 0.3 is 0 Å². The fourth-order valence-corrected chi connectivity index (χ4v) is 5.41. The second-order valence-corrected chi connectivity index (χ2v) is 9.28. The molecule has 1 aliphatic heterocycles. The highest BCUT2D eigenvalue weighted by Gasteiger charge is 2.34. The minimum atomic E-state index is -3.86. The van der Waals surface area contributed by atoms with Crippen molar-refractivity contribution in [2.75, 3.05) is 13.1 Å². The van der Waals surface area contributed by atoms with Crippen LogP contribution in [0, 0.1) is 22.9 Å². The van der Waals surface area contributed by atoms with Crippen molar-refractivity contribution in [3.8, 4) is 11.4 Å². The molecule has 1 atom stereocenters. The van der Waals surface area contributed by atoms with Crippen LogP contribution >= 0.6 is 0 Å². The zero-order chi connectivity index (χ0) is 22.2. The Morgan fingerprint density at radius 1 is 1.26 bits per heavy atom. The van der Waals surface area contributed by atoms with Crippen LogP contribution in [0.5, 0.6) is 0 Å². The highest BCUT2D eigenvalue weighted by Crippen LogP contribution is 2.32. The van der Waals surface area contributed by atoms with E-state index in [-0.39, 0.29) is 28.9 Å². The molecule has 1 aliphatic rings. The quantitative estimate of drug-likeness (QED) is 0.433. The largest absolute Gasteiger partial charge is 0.339 e. The van der Waals surface area contributed by atoms with E-state index in [9.17, 15) is 22.9 Å². The lowest BCUT2D eigenvalue weighted by atomic mass is 10.00. The highest BCUT2D eigenvalue weighted by molar-refractivity contribution is 7.89. The van der Waals surface area contributed by atoms with Gasteiger partial charge in [0.25, 0.3) is 5.69 Å². The Bertz CT molecular complexity index is 1240. The molecule has 31 heavy (non-hydrogen) atoms. The third kappa shape index (κ3) is 4.19. The van der Waals surface area contributed by atoms with Crippen LogP contribution in [0.2, 0.25) is 0 Å². The summed E-state index contributed by atoms with van der Waals surface area (Å²) in [5.74, 6) is -0.200. The van der Waals surface area contributed by atoms with Crippen molar-refractivity contribution in [1.29, 1.82) is 0 Å². The molecule has 0 bridgehead atoms. The number of benzene rings is 2. The number of rotatable bonds is 5. The molecule has 162 valence electrons. The molecule has 0 spiro atoms. The van der Waals surface area contributed by atoms with Crippen LogP contribution in [0.25, 0.3) is 11.4 Å². The number of aromatic nitrogens is 2. The van der Waals surface area contributed by atoms with Crippen molar-refractivity contribution in [1.82, 2.24) is 14.4 Å². The number of piperidine rings is 1. The minimum Gasteiger partial charge on any atom is -0.339 e. The third-order valence-electron chi connectivity index (χ3n) is 5.25. The molecule has 0 N–H and O–H groups in total. The molecule has 0 amide bonds. The van der Waals surface area contributed by atoms with Crippen molar-refractivity contribution in [2.45, 2.75) is 30.6 Å². The zero-order valence-electron chi connectivity index (χ0n) is 16.6. The van der Waals surface area contributed by atoms with E-state index in [0.717, 1.165) is 0 Å². The average Bonchev–Trinajstić information content (AvgIpc) is 3.24. The van der Waals surface area contributed by atoms with Crippen LogP contribution in [0.3, 0.4) is 0 Å². The molecule has 2 heterocycles. The second kappa shape index (κ2) is 8.16. The van der Waals surface area contributed by atoms with Gasteiger partial charge in [0.1, 0.15) is 5.82 Å². The van der Waals surface area contributed by atoms with Gasteiger partial charge in [0.05, 0.1) is 15.7 Å². The Morgan fingerprint density at radius 2 is 2.06 bits per heavy atom. The van der Waals surface area contributed by atoms with E-state index < -0.39 is 20.8 Å². The maximum Gasteiger partial charge on any atom is 0.269 e. The van der Waals surface area contributed by atoms with Crippen LogP contribution in [-0.4, -0.2) is 40.9 Å². The van der Waals surface area contributed by atoms with Gasteiger partial charge in [0.2, 0.25) is 21.7 Å². The topological polar surface area (TPSA) is 119 Å². The van der Waals surface area contributed by atoms with Crippen molar-refractivity contribution < 1.29 is 22.3 Å². The summed E-state index contributed by atoms with van der Waals surface area (Å²) in [6, 6.07) is 9.51. The first-order valence-corrected chi connectivity index (χ1v) is 11.0. The standard InChI is InChI=1S/C20H19FN4O5S/c1-13-10-17(25(26)27)7-8-18(13)31(28,29)24-9-3-5-15(12-24)20-22-19(23-30-20)14-4-2-6-16(21)11-14/h2,4,6-8,10-11,15H,3,5,9,12H2,1H3. The first kappa shape index (κ1) is 21.1. The van der Waals surface area contributed by atoms with Gasteiger partial charge in [-0.15, -0.1) is 0 Å². The van der Waals surface area contributed by atoms with Gasteiger partial charge in [-0.2, -0.15) is 9.29 Å². The molecule has 1 saturated heterocycles. The van der Waals surface area contributed by atoms with Crippen LogP contribution in [-0.2, 0) is 10.0 Å². The lowest BCUT2D eigenvalue weighted by molar-refractivity contribution is -0.385. The molecule has 1 fully saturated rings. The molecule has 4 rings (SSSR count). The fraction of sp³-hybridized carbons (Fsp3) is 0.300.